The van der Waals surface area contributed by atoms with E-state index in [2.05, 4.69) is 83.3 Å². The van der Waals surface area contributed by atoms with E-state index in [-0.39, 0.29) is 0 Å². The lowest BCUT2D eigenvalue weighted by Crippen LogP contribution is -2.43. The number of hydrogen-bond donors (Lipinski definition) is 0. The van der Waals surface area contributed by atoms with Crippen LogP contribution in [0.15, 0.2) is 36.4 Å². The van der Waals surface area contributed by atoms with Gasteiger partial charge in [-0.3, -0.25) is 0 Å². The normalized spacial score (nSPS) is 12.2. The molecule has 0 nitrogen and oxygen atoms in total. The van der Waals surface area contributed by atoms with Crippen LogP contribution in [-0.4, -0.2) is 8.07 Å². The molecular weight excluding hydrogens is 256 g/mol. The van der Waals surface area contributed by atoms with E-state index >= 15 is 0 Å². The minimum atomic E-state index is -1.58. The van der Waals surface area contributed by atoms with E-state index in [1.165, 1.54) is 5.56 Å². The van der Waals surface area contributed by atoms with Gasteiger partial charge in [0.2, 0.25) is 0 Å². The summed E-state index contributed by atoms with van der Waals surface area (Å²) in [5.74, 6) is 3.35. The van der Waals surface area contributed by atoms with Crippen molar-refractivity contribution in [3.05, 3.63) is 42.0 Å². The van der Waals surface area contributed by atoms with Crippen molar-refractivity contribution >= 4 is 14.1 Å². The van der Waals surface area contributed by atoms with Gasteiger partial charge in [0, 0.05) is 0 Å². The average molecular weight is 285 g/mol. The van der Waals surface area contributed by atoms with Crippen molar-refractivity contribution in [3.8, 4) is 11.5 Å². The Bertz CT molecular complexity index is 462. The van der Waals surface area contributed by atoms with Crippen LogP contribution in [0.1, 0.15) is 47.1 Å². The third-order valence-corrected chi connectivity index (χ3v) is 10.6. The van der Waals surface area contributed by atoms with Gasteiger partial charge in [0.1, 0.15) is 8.07 Å². The van der Waals surface area contributed by atoms with Gasteiger partial charge < -0.3 is 0 Å². The third-order valence-electron chi connectivity index (χ3n) is 4.31. The van der Waals surface area contributed by atoms with Crippen LogP contribution in [0.3, 0.4) is 0 Å². The monoisotopic (exact) mass is 284 g/mol. The maximum atomic E-state index is 3.70. The van der Waals surface area contributed by atoms with E-state index in [4.69, 9.17) is 0 Å². The van der Waals surface area contributed by atoms with Gasteiger partial charge in [0.05, 0.1) is 0 Å². The van der Waals surface area contributed by atoms with Crippen molar-refractivity contribution < 1.29 is 0 Å². The van der Waals surface area contributed by atoms with Crippen LogP contribution in [0.2, 0.25) is 16.6 Å². The highest BCUT2D eigenvalue weighted by molar-refractivity contribution is 6.90. The minimum Gasteiger partial charge on any atom is -0.126 e. The number of hydrogen-bond acceptors (Lipinski definition) is 0. The fraction of sp³-hybridized carbons (Fsp3) is 0.474. The Morgan fingerprint density at radius 2 is 1.35 bits per heavy atom. The quantitative estimate of drug-likeness (QED) is 0.475. The highest BCUT2D eigenvalue weighted by atomic mass is 28.3. The third kappa shape index (κ3) is 3.87. The van der Waals surface area contributed by atoms with Crippen molar-refractivity contribution in [2.45, 2.75) is 58.2 Å². The van der Waals surface area contributed by atoms with Crippen LogP contribution in [0.25, 0.3) is 6.08 Å². The molecule has 108 valence electrons. The first-order valence-electron chi connectivity index (χ1n) is 7.65. The first-order chi connectivity index (χ1) is 9.41. The molecule has 0 aliphatic heterocycles. The molecule has 0 atom stereocenters. The zero-order valence-electron chi connectivity index (χ0n) is 13.8. The molecule has 0 aromatic heterocycles. The standard InChI is InChI=1S/C19H28Si/c1-16(2)20(17(3)4,18(5)6)15-11-10-14-19-12-8-7-9-13-19/h7-10,12-14,16-18H,1-6H3/b14-10+. The lowest BCUT2D eigenvalue weighted by Gasteiger charge is -2.37. The lowest BCUT2D eigenvalue weighted by molar-refractivity contribution is 0.838. The van der Waals surface area contributed by atoms with Crippen molar-refractivity contribution in [2.24, 2.45) is 0 Å². The second-order valence-corrected chi connectivity index (χ2v) is 12.0. The molecule has 1 aromatic carbocycles. The Morgan fingerprint density at radius 3 is 1.80 bits per heavy atom. The molecule has 1 heteroatoms. The van der Waals surface area contributed by atoms with E-state index in [0.29, 0.717) is 16.6 Å². The lowest BCUT2D eigenvalue weighted by atomic mass is 10.2. The Kier molecular flexibility index (Phi) is 6.30. The van der Waals surface area contributed by atoms with E-state index < -0.39 is 8.07 Å². The molecule has 20 heavy (non-hydrogen) atoms. The van der Waals surface area contributed by atoms with Gasteiger partial charge in [-0.25, -0.2) is 0 Å². The molecule has 1 aromatic rings. The summed E-state index contributed by atoms with van der Waals surface area (Å²) in [5, 5.41) is 0. The second-order valence-electron chi connectivity index (χ2n) is 6.41. The molecule has 0 N–H and O–H groups in total. The summed E-state index contributed by atoms with van der Waals surface area (Å²) in [7, 11) is -1.58. The van der Waals surface area contributed by atoms with Crippen LogP contribution in [-0.2, 0) is 0 Å². The molecule has 0 aliphatic rings. The Labute approximate surface area is 126 Å². The van der Waals surface area contributed by atoms with Gasteiger partial charge in [-0.15, -0.1) is 5.54 Å². The molecule has 1 rings (SSSR count). The van der Waals surface area contributed by atoms with Gasteiger partial charge in [-0.05, 0) is 34.3 Å². The smallest absolute Gasteiger partial charge is 0.126 e. The van der Waals surface area contributed by atoms with E-state index in [1.807, 2.05) is 12.1 Å². The van der Waals surface area contributed by atoms with E-state index in [0.717, 1.165) is 0 Å². The van der Waals surface area contributed by atoms with Crippen molar-refractivity contribution in [3.63, 3.8) is 0 Å². The minimum absolute atomic E-state index is 0.695. The summed E-state index contributed by atoms with van der Waals surface area (Å²) in [6, 6.07) is 10.4. The first kappa shape index (κ1) is 16.8. The maximum Gasteiger partial charge on any atom is 0.146 e. The fourth-order valence-electron chi connectivity index (χ4n) is 3.30. The summed E-state index contributed by atoms with van der Waals surface area (Å²) in [4.78, 5) is 0. The summed E-state index contributed by atoms with van der Waals surface area (Å²) in [6.07, 6.45) is 4.12. The molecule has 0 saturated carbocycles. The molecule has 0 saturated heterocycles. The van der Waals surface area contributed by atoms with Gasteiger partial charge >= 0.3 is 0 Å². The zero-order chi connectivity index (χ0) is 15.2. The predicted octanol–water partition coefficient (Wildman–Crippen LogP) is 5.92. The van der Waals surface area contributed by atoms with Crippen LogP contribution in [0.5, 0.6) is 0 Å². The molecular formula is C19H28Si. The fourth-order valence-corrected chi connectivity index (χ4v) is 8.50. The largest absolute Gasteiger partial charge is 0.146 e. The number of benzene rings is 1. The van der Waals surface area contributed by atoms with Crippen LogP contribution in [0, 0.1) is 11.5 Å². The van der Waals surface area contributed by atoms with Crippen LogP contribution >= 0.6 is 0 Å². The molecule has 0 unspecified atom stereocenters. The zero-order valence-corrected chi connectivity index (χ0v) is 14.8. The van der Waals surface area contributed by atoms with Crippen molar-refractivity contribution in [2.75, 3.05) is 0 Å². The van der Waals surface area contributed by atoms with Crippen LogP contribution in [0.4, 0.5) is 0 Å². The second kappa shape index (κ2) is 7.50. The molecule has 0 bridgehead atoms. The number of rotatable bonds is 4. The summed E-state index contributed by atoms with van der Waals surface area (Å²) in [6.45, 7) is 14.1. The highest BCUT2D eigenvalue weighted by Crippen LogP contribution is 2.40. The summed E-state index contributed by atoms with van der Waals surface area (Å²) >= 11 is 0. The Balaban J connectivity index is 2.98. The summed E-state index contributed by atoms with van der Waals surface area (Å²) < 4.78 is 0. The Morgan fingerprint density at radius 1 is 0.850 bits per heavy atom. The number of allylic oxidation sites excluding steroid dienone is 1. The molecule has 0 radical (unpaired) electrons. The Hall–Kier alpha value is -1.26. The molecule has 0 aliphatic carbocycles. The van der Waals surface area contributed by atoms with Gasteiger partial charge in [-0.1, -0.05) is 77.8 Å². The maximum absolute atomic E-state index is 3.70. The van der Waals surface area contributed by atoms with Crippen molar-refractivity contribution in [1.82, 2.24) is 0 Å². The van der Waals surface area contributed by atoms with Crippen LogP contribution < -0.4 is 0 Å². The summed E-state index contributed by atoms with van der Waals surface area (Å²) in [5.41, 5.74) is 7.00. The SMILES string of the molecule is CC(C)[Si](C#C/C=C/c1ccccc1)(C(C)C)C(C)C. The molecule has 0 spiro atoms. The van der Waals surface area contributed by atoms with Gasteiger partial charge in [-0.2, -0.15) is 0 Å². The first-order valence-corrected chi connectivity index (χ1v) is 9.88. The van der Waals surface area contributed by atoms with Gasteiger partial charge in [0.25, 0.3) is 0 Å². The van der Waals surface area contributed by atoms with Gasteiger partial charge in [0.15, 0.2) is 0 Å². The molecule has 0 fully saturated rings. The average Bonchev–Trinajstić information content (AvgIpc) is 2.38. The van der Waals surface area contributed by atoms with Crippen molar-refractivity contribution in [1.29, 1.82) is 0 Å². The predicted molar refractivity (Wildman–Crippen MR) is 94.3 cm³/mol. The molecule has 0 amide bonds. The van der Waals surface area contributed by atoms with E-state index in [9.17, 15) is 0 Å². The highest BCUT2D eigenvalue weighted by Gasteiger charge is 2.41. The molecule has 0 heterocycles. The van der Waals surface area contributed by atoms with E-state index in [1.54, 1.807) is 0 Å². The topological polar surface area (TPSA) is 0 Å².